The van der Waals surface area contributed by atoms with Gasteiger partial charge in [0.25, 0.3) is 0 Å². The molecule has 0 aromatic heterocycles. The van der Waals surface area contributed by atoms with Gasteiger partial charge in [-0.3, -0.25) is 0 Å². The maximum atomic E-state index is 6.64. The van der Waals surface area contributed by atoms with E-state index in [0.29, 0.717) is 6.61 Å². The van der Waals surface area contributed by atoms with Gasteiger partial charge in [0.15, 0.2) is 0 Å². The first-order valence-corrected chi connectivity index (χ1v) is 13.6. The second-order valence-corrected chi connectivity index (χ2v) is 10.6. The van der Waals surface area contributed by atoms with Crippen molar-refractivity contribution in [1.29, 1.82) is 0 Å². The average Bonchev–Trinajstić information content (AvgIpc) is 2.99. The summed E-state index contributed by atoms with van der Waals surface area (Å²) < 4.78 is 6.64. The third kappa shape index (κ3) is 5.55. The molecular formula is C36H38N2O. The molecule has 0 saturated carbocycles. The predicted octanol–water partition coefficient (Wildman–Crippen LogP) is 7.81. The molecular weight excluding hydrogens is 476 g/mol. The van der Waals surface area contributed by atoms with E-state index in [1.54, 1.807) is 0 Å². The first-order chi connectivity index (χ1) is 19.0. The Kier molecular flexibility index (Phi) is 7.99. The van der Waals surface area contributed by atoms with Crippen LogP contribution < -0.4 is 9.80 Å². The molecule has 4 aromatic rings. The van der Waals surface area contributed by atoms with Crippen LogP contribution in [0.5, 0.6) is 0 Å². The molecule has 0 N–H and O–H groups in total. The van der Waals surface area contributed by atoms with Crippen LogP contribution in [0.2, 0.25) is 0 Å². The van der Waals surface area contributed by atoms with Crippen molar-refractivity contribution < 1.29 is 4.74 Å². The average molecular weight is 515 g/mol. The number of rotatable bonds is 9. The van der Waals surface area contributed by atoms with Crippen molar-refractivity contribution in [2.45, 2.75) is 18.1 Å². The highest BCUT2D eigenvalue weighted by Gasteiger charge is 2.37. The van der Waals surface area contributed by atoms with Crippen LogP contribution in [0.3, 0.4) is 0 Å². The zero-order valence-electron chi connectivity index (χ0n) is 23.4. The fourth-order valence-electron chi connectivity index (χ4n) is 5.61. The van der Waals surface area contributed by atoms with E-state index in [1.807, 2.05) is 6.07 Å². The predicted molar refractivity (Wildman–Crippen MR) is 165 cm³/mol. The summed E-state index contributed by atoms with van der Waals surface area (Å²) in [6.07, 6.45) is 9.39. The standard InChI is InChI=1S/C36H38N2O/c1-37(2)33-21-13-11-19-31(33)36(32-20-12-14-22-34(32)38(3)4)25-23-30(24-26-36)35(29-17-9-6-10-18-29)39-27-28-15-7-5-8-16-28/h5-26,30,35H,27H2,1-4H3. The van der Waals surface area contributed by atoms with Gasteiger partial charge in [-0.2, -0.15) is 0 Å². The molecule has 3 nitrogen and oxygen atoms in total. The lowest BCUT2D eigenvalue weighted by Gasteiger charge is -2.38. The number of benzene rings is 4. The van der Waals surface area contributed by atoms with Crippen molar-refractivity contribution in [3.63, 3.8) is 0 Å². The van der Waals surface area contributed by atoms with Gasteiger partial charge >= 0.3 is 0 Å². The Labute approximate surface area is 233 Å². The van der Waals surface area contributed by atoms with E-state index >= 15 is 0 Å². The van der Waals surface area contributed by atoms with Crippen LogP contribution in [0.4, 0.5) is 11.4 Å². The largest absolute Gasteiger partial charge is 0.377 e. The van der Waals surface area contributed by atoms with E-state index in [1.165, 1.54) is 33.6 Å². The minimum atomic E-state index is -0.418. The fraction of sp³-hybridized carbons (Fsp3) is 0.222. The summed E-state index contributed by atoms with van der Waals surface area (Å²) in [5.41, 5.74) is 6.88. The zero-order chi connectivity index (χ0) is 27.2. The molecule has 1 atom stereocenters. The number of ether oxygens (including phenoxy) is 1. The molecule has 0 heterocycles. The molecule has 0 spiro atoms. The number of allylic oxidation sites excluding steroid dienone is 2. The van der Waals surface area contributed by atoms with E-state index < -0.39 is 5.41 Å². The summed E-state index contributed by atoms with van der Waals surface area (Å²) in [6, 6.07) is 38.5. The Balaban J connectivity index is 1.59. The SMILES string of the molecule is CN(C)c1ccccc1C1(c2ccccc2N(C)C)C=CC(C(OCc2ccccc2)c2ccccc2)C=C1. The molecule has 0 fully saturated rings. The number of nitrogens with zero attached hydrogens (tertiary/aromatic N) is 2. The second kappa shape index (κ2) is 11.8. The van der Waals surface area contributed by atoms with Gasteiger partial charge in [-0.1, -0.05) is 121 Å². The lowest BCUT2D eigenvalue weighted by atomic mass is 9.69. The summed E-state index contributed by atoms with van der Waals surface area (Å²) in [4.78, 5) is 4.41. The second-order valence-electron chi connectivity index (χ2n) is 10.6. The molecule has 198 valence electrons. The van der Waals surface area contributed by atoms with Gasteiger partial charge in [-0.25, -0.2) is 0 Å². The Hall–Kier alpha value is -4.08. The maximum absolute atomic E-state index is 6.64. The summed E-state index contributed by atoms with van der Waals surface area (Å²) in [5.74, 6) is 0.0993. The molecule has 5 rings (SSSR count). The van der Waals surface area contributed by atoms with E-state index in [9.17, 15) is 0 Å². The fourth-order valence-corrected chi connectivity index (χ4v) is 5.61. The topological polar surface area (TPSA) is 15.7 Å². The van der Waals surface area contributed by atoms with Gasteiger partial charge in [0, 0.05) is 45.5 Å². The molecule has 0 radical (unpaired) electrons. The molecule has 0 saturated heterocycles. The van der Waals surface area contributed by atoms with Gasteiger partial charge in [0.1, 0.15) is 0 Å². The van der Waals surface area contributed by atoms with Crippen molar-refractivity contribution in [2.24, 2.45) is 5.92 Å². The van der Waals surface area contributed by atoms with Crippen molar-refractivity contribution >= 4 is 11.4 Å². The van der Waals surface area contributed by atoms with E-state index in [0.717, 1.165) is 0 Å². The Bertz CT molecular complexity index is 1360. The van der Waals surface area contributed by atoms with Crippen LogP contribution >= 0.6 is 0 Å². The van der Waals surface area contributed by atoms with Crippen molar-refractivity contribution in [1.82, 2.24) is 0 Å². The molecule has 4 aromatic carbocycles. The lowest BCUT2D eigenvalue weighted by molar-refractivity contribution is 0.0225. The molecule has 3 heteroatoms. The first-order valence-electron chi connectivity index (χ1n) is 13.6. The summed E-state index contributed by atoms with van der Waals surface area (Å²) in [5, 5.41) is 0. The lowest BCUT2D eigenvalue weighted by Crippen LogP contribution is -2.31. The van der Waals surface area contributed by atoms with Crippen LogP contribution in [0.1, 0.15) is 28.4 Å². The number of anilines is 2. The van der Waals surface area contributed by atoms with Crippen LogP contribution in [0.25, 0.3) is 0 Å². The highest BCUT2D eigenvalue weighted by atomic mass is 16.5. The van der Waals surface area contributed by atoms with Crippen molar-refractivity contribution in [3.05, 3.63) is 156 Å². The third-order valence-corrected chi connectivity index (χ3v) is 7.58. The van der Waals surface area contributed by atoms with Crippen molar-refractivity contribution in [2.75, 3.05) is 38.0 Å². The van der Waals surface area contributed by atoms with Gasteiger partial charge in [0.05, 0.1) is 18.1 Å². The summed E-state index contributed by atoms with van der Waals surface area (Å²) in [6.45, 7) is 0.566. The Morgan fingerprint density at radius 1 is 0.615 bits per heavy atom. The first kappa shape index (κ1) is 26.5. The Morgan fingerprint density at radius 2 is 1.08 bits per heavy atom. The summed E-state index contributed by atoms with van der Waals surface area (Å²) >= 11 is 0. The Morgan fingerprint density at radius 3 is 1.59 bits per heavy atom. The van der Waals surface area contributed by atoms with Gasteiger partial charge in [0.2, 0.25) is 0 Å². The number of hydrogen-bond acceptors (Lipinski definition) is 3. The molecule has 1 aliphatic carbocycles. The highest BCUT2D eigenvalue weighted by molar-refractivity contribution is 5.70. The van der Waals surface area contributed by atoms with E-state index in [4.69, 9.17) is 4.74 Å². The third-order valence-electron chi connectivity index (χ3n) is 7.58. The molecule has 0 bridgehead atoms. The van der Waals surface area contributed by atoms with Crippen LogP contribution in [0, 0.1) is 5.92 Å². The molecule has 0 amide bonds. The molecule has 0 aliphatic heterocycles. The molecule has 39 heavy (non-hydrogen) atoms. The number of hydrogen-bond donors (Lipinski definition) is 0. The zero-order valence-corrected chi connectivity index (χ0v) is 23.4. The quantitative estimate of drug-likeness (QED) is 0.212. The van der Waals surface area contributed by atoms with Crippen LogP contribution in [-0.2, 0) is 16.8 Å². The highest BCUT2D eigenvalue weighted by Crippen LogP contribution is 2.47. The summed E-state index contributed by atoms with van der Waals surface area (Å²) in [7, 11) is 8.47. The molecule has 1 aliphatic rings. The number of para-hydroxylation sites is 2. The van der Waals surface area contributed by atoms with Crippen molar-refractivity contribution in [3.8, 4) is 0 Å². The monoisotopic (exact) mass is 514 g/mol. The van der Waals surface area contributed by atoms with Crippen LogP contribution in [0.15, 0.2) is 133 Å². The minimum absolute atomic E-state index is 0.0925. The normalized spacial score (nSPS) is 15.2. The van der Waals surface area contributed by atoms with E-state index in [2.05, 4.69) is 165 Å². The minimum Gasteiger partial charge on any atom is -0.377 e. The van der Waals surface area contributed by atoms with Gasteiger partial charge in [-0.15, -0.1) is 0 Å². The maximum Gasteiger partial charge on any atom is 0.0926 e. The van der Waals surface area contributed by atoms with Crippen LogP contribution in [-0.4, -0.2) is 28.2 Å². The van der Waals surface area contributed by atoms with Gasteiger partial charge < -0.3 is 14.5 Å². The van der Waals surface area contributed by atoms with E-state index in [-0.39, 0.29) is 12.0 Å². The molecule has 1 unspecified atom stereocenters. The smallest absolute Gasteiger partial charge is 0.0926 e. The van der Waals surface area contributed by atoms with Gasteiger partial charge in [-0.05, 0) is 34.4 Å².